The lowest BCUT2D eigenvalue weighted by Crippen LogP contribution is -2.40. The molecule has 6 heteroatoms. The molecule has 0 amide bonds. The first-order valence-corrected chi connectivity index (χ1v) is 9.55. The monoisotopic (exact) mass is 347 g/mol. The Balaban J connectivity index is 1.87. The fourth-order valence-electron chi connectivity index (χ4n) is 2.86. The molecule has 1 aromatic carbocycles. The van der Waals surface area contributed by atoms with Crippen LogP contribution in [0.4, 0.5) is 0 Å². The molecular weight excluding hydrogens is 324 g/mol. The van der Waals surface area contributed by atoms with E-state index in [-0.39, 0.29) is 0 Å². The maximum atomic E-state index is 12.8. The molecule has 128 valence electrons. The molecule has 3 rings (SSSR count). The van der Waals surface area contributed by atoms with E-state index in [1.807, 2.05) is 24.4 Å². The highest BCUT2D eigenvalue weighted by Gasteiger charge is 2.26. The molecule has 0 N–H and O–H groups in total. The molecule has 1 aromatic heterocycles. The van der Waals surface area contributed by atoms with Gasteiger partial charge in [0.15, 0.2) is 18.4 Å². The van der Waals surface area contributed by atoms with Gasteiger partial charge in [0, 0.05) is 37.2 Å². The van der Waals surface area contributed by atoms with Crippen molar-refractivity contribution in [1.29, 1.82) is 0 Å². The molecule has 1 fully saturated rings. The summed E-state index contributed by atoms with van der Waals surface area (Å²) in [5, 5.41) is 0. The smallest absolute Gasteiger partial charge is 0.243 e. The van der Waals surface area contributed by atoms with E-state index in [0.29, 0.717) is 37.7 Å². The van der Waals surface area contributed by atoms with Crippen LogP contribution in [0.25, 0.3) is 0 Å². The predicted molar refractivity (Wildman–Crippen MR) is 91.2 cm³/mol. The van der Waals surface area contributed by atoms with Gasteiger partial charge in [0.05, 0.1) is 18.1 Å². The number of hydrogen-bond donors (Lipinski definition) is 0. The van der Waals surface area contributed by atoms with Gasteiger partial charge in [0.2, 0.25) is 10.0 Å². The van der Waals surface area contributed by atoms with Crippen LogP contribution in [0, 0.1) is 13.8 Å². The third-order valence-corrected chi connectivity index (χ3v) is 6.37. The van der Waals surface area contributed by atoms with Crippen molar-refractivity contribution in [3.8, 4) is 0 Å². The van der Waals surface area contributed by atoms with E-state index < -0.39 is 10.0 Å². The van der Waals surface area contributed by atoms with E-state index in [0.717, 1.165) is 5.56 Å². The Bertz CT molecular complexity index is 828. The lowest BCUT2D eigenvalue weighted by atomic mass is 10.2. The van der Waals surface area contributed by atoms with Crippen LogP contribution in [0.2, 0.25) is 0 Å². The molecule has 24 heavy (non-hydrogen) atoms. The van der Waals surface area contributed by atoms with E-state index in [2.05, 4.69) is 24.5 Å². The number of pyridine rings is 1. The summed E-state index contributed by atoms with van der Waals surface area (Å²) < 4.78 is 34.4. The summed E-state index contributed by atoms with van der Waals surface area (Å²) in [7, 11) is -3.45. The van der Waals surface area contributed by atoms with Crippen LogP contribution in [-0.2, 0) is 21.3 Å². The molecule has 1 saturated heterocycles. The summed E-state index contributed by atoms with van der Waals surface area (Å²) in [4.78, 5) is 0.354. The van der Waals surface area contributed by atoms with Gasteiger partial charge in [-0.15, -0.1) is 0 Å². The summed E-state index contributed by atoms with van der Waals surface area (Å²) in [6.07, 6.45) is 2.02. The average molecular weight is 347 g/mol. The van der Waals surface area contributed by atoms with Crippen molar-refractivity contribution in [3.05, 3.63) is 59.4 Å². The molecule has 0 unspecified atom stereocenters. The van der Waals surface area contributed by atoms with Gasteiger partial charge in [-0.3, -0.25) is 0 Å². The largest absolute Gasteiger partial charge is 0.379 e. The van der Waals surface area contributed by atoms with Gasteiger partial charge >= 0.3 is 0 Å². The van der Waals surface area contributed by atoms with Crippen molar-refractivity contribution in [1.82, 2.24) is 4.31 Å². The van der Waals surface area contributed by atoms with Crippen LogP contribution in [0.3, 0.4) is 0 Å². The molecule has 5 nitrogen and oxygen atoms in total. The second-order valence-electron chi connectivity index (χ2n) is 6.07. The fourth-order valence-corrected chi connectivity index (χ4v) is 4.34. The Kier molecular flexibility index (Phi) is 4.99. The van der Waals surface area contributed by atoms with Gasteiger partial charge < -0.3 is 4.74 Å². The van der Waals surface area contributed by atoms with Crippen LogP contribution < -0.4 is 4.57 Å². The Labute approximate surface area is 143 Å². The summed E-state index contributed by atoms with van der Waals surface area (Å²) in [5.74, 6) is 0. The van der Waals surface area contributed by atoms with Crippen molar-refractivity contribution in [2.24, 2.45) is 0 Å². The van der Waals surface area contributed by atoms with E-state index >= 15 is 0 Å². The predicted octanol–water partition coefficient (Wildman–Crippen LogP) is 1.66. The number of morpholine rings is 1. The van der Waals surface area contributed by atoms with Crippen molar-refractivity contribution in [2.45, 2.75) is 25.3 Å². The summed E-state index contributed by atoms with van der Waals surface area (Å²) in [5.41, 5.74) is 3.37. The molecule has 1 aliphatic heterocycles. The second-order valence-corrected chi connectivity index (χ2v) is 8.01. The number of benzene rings is 1. The molecule has 0 radical (unpaired) electrons. The zero-order chi connectivity index (χ0) is 17.2. The molecule has 1 aliphatic rings. The van der Waals surface area contributed by atoms with Gasteiger partial charge in [-0.05, 0) is 25.1 Å². The minimum Gasteiger partial charge on any atom is -0.379 e. The Morgan fingerprint density at radius 3 is 2.62 bits per heavy atom. The Morgan fingerprint density at radius 2 is 1.88 bits per heavy atom. The van der Waals surface area contributed by atoms with Gasteiger partial charge in [-0.1, -0.05) is 12.1 Å². The standard InChI is InChI=1S/C18H23N2O3S/c1-15-5-4-8-19(16(15)2)14-17-6-3-7-18(13-17)24(21,22)20-9-11-23-12-10-20/h3-8,13H,9-12,14H2,1-2H3/q+1. The molecule has 0 spiro atoms. The van der Waals surface area contributed by atoms with Crippen molar-refractivity contribution in [2.75, 3.05) is 26.3 Å². The molecule has 0 bridgehead atoms. The quantitative estimate of drug-likeness (QED) is 0.791. The number of hydrogen-bond acceptors (Lipinski definition) is 3. The van der Waals surface area contributed by atoms with E-state index in [1.54, 1.807) is 12.1 Å². The van der Waals surface area contributed by atoms with Crippen LogP contribution in [0.1, 0.15) is 16.8 Å². The molecule has 2 aromatic rings. The van der Waals surface area contributed by atoms with Crippen LogP contribution in [0.15, 0.2) is 47.5 Å². The lowest BCUT2D eigenvalue weighted by Gasteiger charge is -2.26. The zero-order valence-corrected chi connectivity index (χ0v) is 14.9. The van der Waals surface area contributed by atoms with E-state index in [1.165, 1.54) is 15.6 Å². The van der Waals surface area contributed by atoms with Crippen LogP contribution in [-0.4, -0.2) is 39.0 Å². The number of nitrogens with zero attached hydrogens (tertiary/aromatic N) is 2. The maximum Gasteiger partial charge on any atom is 0.243 e. The van der Waals surface area contributed by atoms with Crippen molar-refractivity contribution >= 4 is 10.0 Å². The molecule has 0 aliphatic carbocycles. The lowest BCUT2D eigenvalue weighted by molar-refractivity contribution is -0.694. The third kappa shape index (κ3) is 3.50. The van der Waals surface area contributed by atoms with Crippen LogP contribution >= 0.6 is 0 Å². The fraction of sp³-hybridized carbons (Fsp3) is 0.389. The van der Waals surface area contributed by atoms with Gasteiger partial charge in [-0.2, -0.15) is 8.87 Å². The first-order chi connectivity index (χ1) is 11.5. The summed E-state index contributed by atoms with van der Waals surface area (Å²) in [6, 6.07) is 11.3. The van der Waals surface area contributed by atoms with Crippen LogP contribution in [0.5, 0.6) is 0 Å². The highest BCUT2D eigenvalue weighted by atomic mass is 32.2. The first-order valence-electron chi connectivity index (χ1n) is 8.11. The summed E-state index contributed by atoms with van der Waals surface area (Å²) in [6.45, 7) is 6.54. The minimum atomic E-state index is -3.45. The first kappa shape index (κ1) is 17.1. The number of ether oxygens (including phenoxy) is 1. The number of aromatic nitrogens is 1. The Hall–Kier alpha value is -1.76. The van der Waals surface area contributed by atoms with Crippen molar-refractivity contribution < 1.29 is 17.7 Å². The minimum absolute atomic E-state index is 0.354. The maximum absolute atomic E-state index is 12.8. The number of rotatable bonds is 4. The highest BCUT2D eigenvalue weighted by Crippen LogP contribution is 2.18. The molecule has 0 saturated carbocycles. The van der Waals surface area contributed by atoms with Gasteiger partial charge in [0.25, 0.3) is 0 Å². The summed E-state index contributed by atoms with van der Waals surface area (Å²) >= 11 is 0. The highest BCUT2D eigenvalue weighted by molar-refractivity contribution is 7.89. The van der Waals surface area contributed by atoms with Crippen molar-refractivity contribution in [3.63, 3.8) is 0 Å². The average Bonchev–Trinajstić information content (AvgIpc) is 2.60. The number of sulfonamides is 1. The SMILES string of the molecule is Cc1ccc[n+](Cc2cccc(S(=O)(=O)N3CCOCC3)c2)c1C. The molecule has 2 heterocycles. The third-order valence-electron chi connectivity index (χ3n) is 4.47. The van der Waals surface area contributed by atoms with E-state index in [9.17, 15) is 8.42 Å². The molecule has 0 atom stereocenters. The van der Waals surface area contributed by atoms with E-state index in [4.69, 9.17) is 4.74 Å². The van der Waals surface area contributed by atoms with Gasteiger partial charge in [-0.25, -0.2) is 8.42 Å². The second kappa shape index (κ2) is 7.01. The number of aryl methyl sites for hydroxylation is 1. The normalized spacial score (nSPS) is 16.2. The Morgan fingerprint density at radius 1 is 1.12 bits per heavy atom. The zero-order valence-electron chi connectivity index (χ0n) is 14.1. The topological polar surface area (TPSA) is 50.5 Å². The molecular formula is C18H23N2O3S+. The van der Waals surface area contributed by atoms with Gasteiger partial charge in [0.1, 0.15) is 0 Å².